The third kappa shape index (κ3) is 5.30. The Kier molecular flexibility index (Phi) is 6.33. The lowest BCUT2D eigenvalue weighted by Crippen LogP contribution is -2.43. The lowest BCUT2D eigenvalue weighted by atomic mass is 10.1. The molecule has 8 nitrogen and oxygen atoms in total. The van der Waals surface area contributed by atoms with Crippen molar-refractivity contribution in [2.24, 2.45) is 0 Å². The number of furan rings is 1. The Morgan fingerprint density at radius 1 is 1.14 bits per heavy atom. The van der Waals surface area contributed by atoms with Crippen molar-refractivity contribution in [2.75, 3.05) is 32.8 Å². The van der Waals surface area contributed by atoms with Crippen molar-refractivity contribution in [3.8, 4) is 11.6 Å². The number of nitrogens with zero attached hydrogens (tertiary/aromatic N) is 3. The third-order valence-electron chi connectivity index (χ3n) is 4.86. The van der Waals surface area contributed by atoms with E-state index in [1.165, 1.54) is 0 Å². The van der Waals surface area contributed by atoms with Crippen LogP contribution in [0, 0.1) is 0 Å². The van der Waals surface area contributed by atoms with Gasteiger partial charge in [0.15, 0.2) is 5.76 Å². The molecule has 2 aromatic heterocycles. The summed E-state index contributed by atoms with van der Waals surface area (Å²) in [6.45, 7) is 3.95. The highest BCUT2D eigenvalue weighted by molar-refractivity contribution is 5.76. The molecule has 8 heteroatoms. The van der Waals surface area contributed by atoms with Gasteiger partial charge >= 0.3 is 0 Å². The Balaban J connectivity index is 1.34. The van der Waals surface area contributed by atoms with Crippen LogP contribution in [-0.4, -0.2) is 53.8 Å². The molecule has 3 heterocycles. The van der Waals surface area contributed by atoms with E-state index >= 15 is 0 Å². The lowest BCUT2D eigenvalue weighted by Gasteiger charge is -2.31. The second-order valence-electron chi connectivity index (χ2n) is 6.93. The predicted octanol–water partition coefficient (Wildman–Crippen LogP) is 2.45. The van der Waals surface area contributed by atoms with E-state index < -0.39 is 0 Å². The van der Waals surface area contributed by atoms with Crippen LogP contribution in [0.1, 0.15) is 23.9 Å². The van der Waals surface area contributed by atoms with Gasteiger partial charge in [-0.1, -0.05) is 35.5 Å². The first kappa shape index (κ1) is 19.4. The van der Waals surface area contributed by atoms with Crippen LogP contribution in [0.4, 0.5) is 0 Å². The van der Waals surface area contributed by atoms with Crippen molar-refractivity contribution in [1.29, 1.82) is 0 Å². The molecule has 1 unspecified atom stereocenters. The standard InChI is InChI=1S/C21H24N4O4/c26-19(8-9-20-23-21(24-29-20)18-7-4-12-28-18)22-17(16-5-2-1-3-6-16)15-25-10-13-27-14-11-25/h1-7,12,17H,8-11,13-15H2,(H,22,26). The molecule has 1 atom stereocenters. The van der Waals surface area contributed by atoms with Crippen LogP contribution >= 0.6 is 0 Å². The Hall–Kier alpha value is -2.97. The highest BCUT2D eigenvalue weighted by Crippen LogP contribution is 2.18. The summed E-state index contributed by atoms with van der Waals surface area (Å²) in [6, 6.07) is 13.5. The Morgan fingerprint density at radius 2 is 1.97 bits per heavy atom. The number of ether oxygens (including phenoxy) is 1. The maximum absolute atomic E-state index is 12.6. The minimum absolute atomic E-state index is 0.0511. The molecule has 4 rings (SSSR count). The van der Waals surface area contributed by atoms with Crippen molar-refractivity contribution in [3.05, 3.63) is 60.2 Å². The summed E-state index contributed by atoms with van der Waals surface area (Å²) >= 11 is 0. The fourth-order valence-corrected chi connectivity index (χ4v) is 3.31. The lowest BCUT2D eigenvalue weighted by molar-refractivity contribution is -0.122. The van der Waals surface area contributed by atoms with Crippen LogP contribution in [0.15, 0.2) is 57.7 Å². The summed E-state index contributed by atoms with van der Waals surface area (Å²) in [5, 5.41) is 7.05. The van der Waals surface area contributed by atoms with Gasteiger partial charge in [-0.25, -0.2) is 0 Å². The molecule has 1 aromatic carbocycles. The number of amides is 1. The third-order valence-corrected chi connectivity index (χ3v) is 4.86. The molecule has 1 fully saturated rings. The molecule has 3 aromatic rings. The van der Waals surface area contributed by atoms with E-state index in [9.17, 15) is 4.79 Å². The minimum Gasteiger partial charge on any atom is -0.461 e. The maximum Gasteiger partial charge on any atom is 0.238 e. The molecule has 0 radical (unpaired) electrons. The number of rotatable bonds is 8. The van der Waals surface area contributed by atoms with Crippen molar-refractivity contribution in [2.45, 2.75) is 18.9 Å². The first-order valence-corrected chi connectivity index (χ1v) is 9.79. The molecule has 0 bridgehead atoms. The molecule has 1 saturated heterocycles. The van der Waals surface area contributed by atoms with Gasteiger partial charge in [0, 0.05) is 32.5 Å². The molecular weight excluding hydrogens is 372 g/mol. The van der Waals surface area contributed by atoms with Gasteiger partial charge in [0.1, 0.15) is 0 Å². The van der Waals surface area contributed by atoms with Gasteiger partial charge in [0.05, 0.1) is 25.5 Å². The Morgan fingerprint density at radius 3 is 2.72 bits per heavy atom. The first-order chi connectivity index (χ1) is 14.3. The van der Waals surface area contributed by atoms with Crippen LogP contribution in [-0.2, 0) is 16.0 Å². The number of hydrogen-bond acceptors (Lipinski definition) is 7. The fraction of sp³-hybridized carbons (Fsp3) is 0.381. The predicted molar refractivity (Wildman–Crippen MR) is 105 cm³/mol. The quantitative estimate of drug-likeness (QED) is 0.625. The zero-order valence-electron chi connectivity index (χ0n) is 16.1. The highest BCUT2D eigenvalue weighted by atomic mass is 16.5. The number of benzene rings is 1. The van der Waals surface area contributed by atoms with Crippen LogP contribution in [0.2, 0.25) is 0 Å². The smallest absolute Gasteiger partial charge is 0.238 e. The zero-order chi connectivity index (χ0) is 19.9. The summed E-state index contributed by atoms with van der Waals surface area (Å²) in [7, 11) is 0. The van der Waals surface area contributed by atoms with Crippen molar-refractivity contribution in [3.63, 3.8) is 0 Å². The molecule has 1 N–H and O–H groups in total. The average molecular weight is 396 g/mol. The molecular formula is C21H24N4O4. The number of hydrogen-bond donors (Lipinski definition) is 1. The van der Waals surface area contributed by atoms with Gasteiger partial charge in [-0.15, -0.1) is 0 Å². The zero-order valence-corrected chi connectivity index (χ0v) is 16.1. The highest BCUT2D eigenvalue weighted by Gasteiger charge is 2.20. The maximum atomic E-state index is 12.6. The molecule has 1 amide bonds. The Labute approximate surface area is 168 Å². The second-order valence-corrected chi connectivity index (χ2v) is 6.93. The van der Waals surface area contributed by atoms with Crippen LogP contribution < -0.4 is 5.32 Å². The summed E-state index contributed by atoms with van der Waals surface area (Å²) in [6.07, 6.45) is 2.20. The number of aryl methyl sites for hydroxylation is 1. The summed E-state index contributed by atoms with van der Waals surface area (Å²) < 4.78 is 15.9. The van der Waals surface area contributed by atoms with E-state index in [0.29, 0.717) is 23.9 Å². The molecule has 1 aliphatic heterocycles. The number of aromatic nitrogens is 2. The molecule has 0 aliphatic carbocycles. The van der Waals surface area contributed by atoms with Crippen molar-refractivity contribution in [1.82, 2.24) is 20.4 Å². The summed E-state index contributed by atoms with van der Waals surface area (Å²) in [5.41, 5.74) is 1.09. The molecule has 29 heavy (non-hydrogen) atoms. The van der Waals surface area contributed by atoms with Gasteiger partial charge in [-0.2, -0.15) is 4.98 Å². The number of carbonyl (C=O) groups is 1. The largest absolute Gasteiger partial charge is 0.461 e. The SMILES string of the molecule is O=C(CCc1nc(-c2ccco2)no1)NC(CN1CCOCC1)c1ccccc1. The first-order valence-electron chi connectivity index (χ1n) is 9.79. The van der Waals surface area contributed by atoms with Gasteiger partial charge in [0.2, 0.25) is 17.6 Å². The van der Waals surface area contributed by atoms with Gasteiger partial charge in [-0.3, -0.25) is 9.69 Å². The van der Waals surface area contributed by atoms with E-state index in [2.05, 4.69) is 20.4 Å². The van der Waals surface area contributed by atoms with Gasteiger partial charge in [0.25, 0.3) is 0 Å². The van der Waals surface area contributed by atoms with E-state index in [1.54, 1.807) is 18.4 Å². The Bertz CT molecular complexity index is 889. The monoisotopic (exact) mass is 396 g/mol. The van der Waals surface area contributed by atoms with Crippen LogP contribution in [0.3, 0.4) is 0 Å². The number of morpholine rings is 1. The fourth-order valence-electron chi connectivity index (χ4n) is 3.31. The van der Waals surface area contributed by atoms with Crippen LogP contribution in [0.25, 0.3) is 11.6 Å². The van der Waals surface area contributed by atoms with Crippen LogP contribution in [0.5, 0.6) is 0 Å². The number of carbonyl (C=O) groups excluding carboxylic acids is 1. The summed E-state index contributed by atoms with van der Waals surface area (Å²) in [5.74, 6) is 1.29. The van der Waals surface area contributed by atoms with Crippen molar-refractivity contribution < 1.29 is 18.5 Å². The second kappa shape index (κ2) is 9.49. The molecule has 0 saturated carbocycles. The van der Waals surface area contributed by atoms with Gasteiger partial charge < -0.3 is 19.0 Å². The molecule has 1 aliphatic rings. The average Bonchev–Trinajstić information content (AvgIpc) is 3.45. The van der Waals surface area contributed by atoms with Gasteiger partial charge in [-0.05, 0) is 17.7 Å². The normalized spacial score (nSPS) is 15.9. The minimum atomic E-state index is -0.0804. The van der Waals surface area contributed by atoms with E-state index in [0.717, 1.165) is 38.4 Å². The van der Waals surface area contributed by atoms with Crippen molar-refractivity contribution >= 4 is 5.91 Å². The van der Waals surface area contributed by atoms with E-state index in [4.69, 9.17) is 13.7 Å². The molecule has 0 spiro atoms. The summed E-state index contributed by atoms with van der Waals surface area (Å²) in [4.78, 5) is 19.2. The number of nitrogens with one attached hydrogen (secondary N) is 1. The molecule has 152 valence electrons. The van der Waals surface area contributed by atoms with E-state index in [-0.39, 0.29) is 18.4 Å². The topological polar surface area (TPSA) is 93.6 Å². The van der Waals surface area contributed by atoms with E-state index in [1.807, 2.05) is 30.3 Å².